The van der Waals surface area contributed by atoms with Crippen LogP contribution < -0.4 is 4.74 Å². The molecule has 2 amide bonds. The van der Waals surface area contributed by atoms with Gasteiger partial charge >= 0.3 is 5.97 Å². The van der Waals surface area contributed by atoms with Gasteiger partial charge < -0.3 is 9.47 Å². The molecule has 162 valence electrons. The third-order valence-electron chi connectivity index (χ3n) is 4.37. The van der Waals surface area contributed by atoms with Gasteiger partial charge in [-0.05, 0) is 105 Å². The summed E-state index contributed by atoms with van der Waals surface area (Å²) >= 11 is 8.60. The molecule has 0 bridgehead atoms. The number of benzene rings is 2. The predicted molar refractivity (Wildman–Crippen MR) is 140 cm³/mol. The van der Waals surface area contributed by atoms with Crippen molar-refractivity contribution in [1.29, 1.82) is 0 Å². The van der Waals surface area contributed by atoms with Gasteiger partial charge in [0, 0.05) is 4.47 Å². The Morgan fingerprint density at radius 2 is 1.81 bits per heavy atom. The molecule has 10 heteroatoms. The molecule has 1 saturated heterocycles. The molecular formula is C21H16BrI2NO5S. The van der Waals surface area contributed by atoms with Gasteiger partial charge in [0.2, 0.25) is 0 Å². The second-order valence-corrected chi connectivity index (χ2v) is 10.7. The molecule has 1 fully saturated rings. The summed E-state index contributed by atoms with van der Waals surface area (Å²) < 4.78 is 13.4. The van der Waals surface area contributed by atoms with Crippen molar-refractivity contribution in [2.24, 2.45) is 0 Å². The van der Waals surface area contributed by atoms with E-state index >= 15 is 0 Å². The monoisotopic (exact) mass is 727 g/mol. The van der Waals surface area contributed by atoms with Crippen molar-refractivity contribution in [3.05, 3.63) is 64.0 Å². The molecule has 2 aromatic rings. The van der Waals surface area contributed by atoms with E-state index in [2.05, 4.69) is 65.8 Å². The predicted octanol–water partition coefficient (Wildman–Crippen LogP) is 5.84. The number of amides is 2. The van der Waals surface area contributed by atoms with Crippen LogP contribution in [0, 0.1) is 7.14 Å². The second-order valence-electron chi connectivity index (χ2n) is 6.48. The minimum absolute atomic E-state index is 0.260. The standard InChI is InChI=1S/C21H16BrI2NO5S/c1-11(20(27)29-2)25-19(26)17(31-21(25)28)9-13-7-15(23)18(16(24)8-13)30-10-12-3-5-14(22)6-4-12/h3-9,11H,10H2,1-2H3/b17-9+/t11-/m1/s1. The molecule has 0 radical (unpaired) electrons. The number of thioether (sulfide) groups is 1. The molecule has 0 unspecified atom stereocenters. The maximum Gasteiger partial charge on any atom is 0.328 e. The van der Waals surface area contributed by atoms with Crippen molar-refractivity contribution >= 4 is 96.1 Å². The minimum Gasteiger partial charge on any atom is -0.487 e. The fraction of sp³-hybridized carbons (Fsp3) is 0.190. The maximum absolute atomic E-state index is 12.7. The van der Waals surface area contributed by atoms with Crippen molar-refractivity contribution in [1.82, 2.24) is 4.90 Å². The lowest BCUT2D eigenvalue weighted by atomic mass is 10.2. The molecule has 1 heterocycles. The van der Waals surface area contributed by atoms with Crippen LogP contribution in [0.4, 0.5) is 4.79 Å². The number of carbonyl (C=O) groups excluding carboxylic acids is 3. The molecule has 31 heavy (non-hydrogen) atoms. The summed E-state index contributed by atoms with van der Waals surface area (Å²) in [5.74, 6) is -0.387. The van der Waals surface area contributed by atoms with Crippen molar-refractivity contribution in [2.75, 3.05) is 7.11 Å². The highest BCUT2D eigenvalue weighted by Crippen LogP contribution is 2.36. The van der Waals surface area contributed by atoms with Gasteiger partial charge in [-0.15, -0.1) is 0 Å². The highest BCUT2D eigenvalue weighted by atomic mass is 127. The Morgan fingerprint density at radius 1 is 1.19 bits per heavy atom. The zero-order valence-corrected chi connectivity index (χ0v) is 23.1. The number of esters is 1. The smallest absolute Gasteiger partial charge is 0.328 e. The summed E-state index contributed by atoms with van der Waals surface area (Å²) in [5.41, 5.74) is 1.81. The van der Waals surface area contributed by atoms with Crippen LogP contribution in [0.5, 0.6) is 5.75 Å². The molecule has 1 atom stereocenters. The van der Waals surface area contributed by atoms with E-state index < -0.39 is 23.2 Å². The summed E-state index contributed by atoms with van der Waals surface area (Å²) in [6.45, 7) is 1.90. The molecule has 0 aliphatic carbocycles. The van der Waals surface area contributed by atoms with Gasteiger partial charge in [-0.25, -0.2) is 4.79 Å². The van der Waals surface area contributed by atoms with Crippen LogP contribution in [0.25, 0.3) is 6.08 Å². The Balaban J connectivity index is 1.78. The molecule has 3 rings (SSSR count). The molecule has 1 aliphatic rings. The minimum atomic E-state index is -0.974. The van der Waals surface area contributed by atoms with Crippen LogP contribution >= 0.6 is 72.9 Å². The van der Waals surface area contributed by atoms with Crippen LogP contribution in [0.15, 0.2) is 45.8 Å². The lowest BCUT2D eigenvalue weighted by molar-refractivity contribution is -0.148. The van der Waals surface area contributed by atoms with Gasteiger partial charge in [0.05, 0.1) is 19.2 Å². The van der Waals surface area contributed by atoms with Crippen LogP contribution in [0.1, 0.15) is 18.1 Å². The molecule has 2 aromatic carbocycles. The average molecular weight is 728 g/mol. The summed E-state index contributed by atoms with van der Waals surface area (Å²) in [6.07, 6.45) is 1.65. The number of nitrogens with zero attached hydrogens (tertiary/aromatic N) is 1. The van der Waals surface area contributed by atoms with Gasteiger partial charge in [0.1, 0.15) is 18.4 Å². The van der Waals surface area contributed by atoms with Crippen LogP contribution in [-0.2, 0) is 20.9 Å². The zero-order valence-electron chi connectivity index (χ0n) is 16.4. The second kappa shape index (κ2) is 10.7. The first-order chi connectivity index (χ1) is 14.7. The Hall–Kier alpha value is -1.12. The van der Waals surface area contributed by atoms with E-state index in [1.54, 1.807) is 6.08 Å². The van der Waals surface area contributed by atoms with Gasteiger partial charge in [-0.1, -0.05) is 28.1 Å². The molecule has 1 aliphatic heterocycles. The number of hydrogen-bond acceptors (Lipinski definition) is 6. The van der Waals surface area contributed by atoms with Crippen molar-refractivity contribution in [3.8, 4) is 5.75 Å². The molecule has 6 nitrogen and oxygen atoms in total. The summed E-state index contributed by atoms with van der Waals surface area (Å²) in [4.78, 5) is 37.9. The van der Waals surface area contributed by atoms with E-state index in [-0.39, 0.29) is 4.91 Å². The van der Waals surface area contributed by atoms with E-state index in [0.717, 1.165) is 45.2 Å². The lowest BCUT2D eigenvalue weighted by Crippen LogP contribution is -2.42. The first-order valence-electron chi connectivity index (χ1n) is 8.92. The van der Waals surface area contributed by atoms with E-state index in [1.165, 1.54) is 14.0 Å². The Kier molecular flexibility index (Phi) is 8.44. The summed E-state index contributed by atoms with van der Waals surface area (Å²) in [6, 6.07) is 10.7. The quantitative estimate of drug-likeness (QED) is 0.212. The fourth-order valence-electron chi connectivity index (χ4n) is 2.78. The number of rotatable bonds is 6. The van der Waals surface area contributed by atoms with Gasteiger partial charge in [0.25, 0.3) is 11.1 Å². The van der Waals surface area contributed by atoms with E-state index in [1.807, 2.05) is 36.4 Å². The zero-order chi connectivity index (χ0) is 22.7. The molecular weight excluding hydrogens is 712 g/mol. The molecule has 0 saturated carbocycles. The molecule has 0 spiro atoms. The van der Waals surface area contributed by atoms with E-state index in [9.17, 15) is 14.4 Å². The number of methoxy groups -OCH3 is 1. The van der Waals surface area contributed by atoms with Crippen LogP contribution in [0.3, 0.4) is 0 Å². The fourth-order valence-corrected chi connectivity index (χ4v) is 6.08. The Bertz CT molecular complexity index is 1050. The number of ether oxygens (including phenoxy) is 2. The summed E-state index contributed by atoms with van der Waals surface area (Å²) in [7, 11) is 1.22. The summed E-state index contributed by atoms with van der Waals surface area (Å²) in [5, 5.41) is -0.493. The van der Waals surface area contributed by atoms with Gasteiger partial charge in [-0.3, -0.25) is 14.5 Å². The number of carbonyl (C=O) groups is 3. The largest absolute Gasteiger partial charge is 0.487 e. The van der Waals surface area contributed by atoms with E-state index in [0.29, 0.717) is 6.61 Å². The maximum atomic E-state index is 12.7. The number of halogens is 3. The highest BCUT2D eigenvalue weighted by Gasteiger charge is 2.41. The average Bonchev–Trinajstić information content (AvgIpc) is 3.00. The Labute approximate surface area is 219 Å². The van der Waals surface area contributed by atoms with Gasteiger partial charge in [-0.2, -0.15) is 0 Å². The normalized spacial score (nSPS) is 16.0. The topological polar surface area (TPSA) is 72.9 Å². The first-order valence-corrected chi connectivity index (χ1v) is 12.7. The van der Waals surface area contributed by atoms with Crippen molar-refractivity contribution in [3.63, 3.8) is 0 Å². The van der Waals surface area contributed by atoms with Crippen molar-refractivity contribution < 1.29 is 23.9 Å². The van der Waals surface area contributed by atoms with E-state index in [4.69, 9.17) is 4.74 Å². The number of hydrogen-bond donors (Lipinski definition) is 0. The Morgan fingerprint density at radius 3 is 2.39 bits per heavy atom. The van der Waals surface area contributed by atoms with Crippen LogP contribution in [0.2, 0.25) is 0 Å². The highest BCUT2D eigenvalue weighted by molar-refractivity contribution is 14.1. The molecule has 0 aromatic heterocycles. The third kappa shape index (κ3) is 5.82. The van der Waals surface area contributed by atoms with Gasteiger partial charge in [0.15, 0.2) is 0 Å². The number of imide groups is 1. The van der Waals surface area contributed by atoms with Crippen molar-refractivity contribution in [2.45, 2.75) is 19.6 Å². The lowest BCUT2D eigenvalue weighted by Gasteiger charge is -2.18. The third-order valence-corrected chi connectivity index (χ3v) is 7.38. The first kappa shape index (κ1) is 24.5. The SMILES string of the molecule is COC(=O)[C@@H](C)N1C(=O)S/C(=C/c2cc(I)c(OCc3ccc(Br)cc3)c(I)c2)C1=O. The van der Waals surface area contributed by atoms with Crippen LogP contribution in [-0.4, -0.2) is 35.2 Å². The molecule has 0 N–H and O–H groups in total.